The minimum absolute atomic E-state index is 0.0146. The molecule has 0 spiro atoms. The van der Waals surface area contributed by atoms with E-state index in [9.17, 15) is 9.18 Å². The maximum atomic E-state index is 14.2. The number of carbonyl (C=O) groups excluding carboxylic acids is 1. The maximum absolute atomic E-state index is 14.2. The molecule has 0 radical (unpaired) electrons. The van der Waals surface area contributed by atoms with Crippen LogP contribution >= 0.6 is 11.6 Å². The van der Waals surface area contributed by atoms with E-state index in [0.29, 0.717) is 12.3 Å². The zero-order valence-corrected chi connectivity index (χ0v) is 14.1. The van der Waals surface area contributed by atoms with Gasteiger partial charge in [0.15, 0.2) is 0 Å². The molecule has 2 aromatic rings. The van der Waals surface area contributed by atoms with Crippen molar-refractivity contribution in [1.82, 2.24) is 10.5 Å². The van der Waals surface area contributed by atoms with E-state index in [0.717, 1.165) is 19.3 Å². The molecule has 24 heavy (non-hydrogen) atoms. The highest BCUT2D eigenvalue weighted by Crippen LogP contribution is 2.34. The molecular formula is C17H19ClFN3O2. The van der Waals surface area contributed by atoms with Crippen molar-refractivity contribution in [3.8, 4) is 11.3 Å². The molecule has 0 bridgehead atoms. The van der Waals surface area contributed by atoms with Gasteiger partial charge in [0.1, 0.15) is 22.8 Å². The average Bonchev–Trinajstić information content (AvgIpc) is 3.13. The van der Waals surface area contributed by atoms with Crippen molar-refractivity contribution in [1.29, 1.82) is 0 Å². The van der Waals surface area contributed by atoms with Gasteiger partial charge in [0, 0.05) is 6.04 Å². The molecule has 1 fully saturated rings. The fourth-order valence-electron chi connectivity index (χ4n) is 3.28. The lowest BCUT2D eigenvalue weighted by Gasteiger charge is -2.19. The van der Waals surface area contributed by atoms with Crippen LogP contribution in [0.4, 0.5) is 4.39 Å². The third kappa shape index (κ3) is 3.03. The number of benzene rings is 1. The van der Waals surface area contributed by atoms with Crippen LogP contribution in [-0.2, 0) is 0 Å². The topological polar surface area (TPSA) is 81.2 Å². The second-order valence-corrected chi connectivity index (χ2v) is 6.47. The van der Waals surface area contributed by atoms with Crippen molar-refractivity contribution in [2.45, 2.75) is 32.2 Å². The van der Waals surface area contributed by atoms with E-state index in [1.54, 1.807) is 13.0 Å². The third-order valence-electron chi connectivity index (χ3n) is 4.57. The number of rotatable bonds is 4. The zero-order chi connectivity index (χ0) is 17.3. The summed E-state index contributed by atoms with van der Waals surface area (Å²) in [6, 6.07) is 4.33. The fraction of sp³-hybridized carbons (Fsp3) is 0.412. The summed E-state index contributed by atoms with van der Waals surface area (Å²) in [6.45, 7) is 2.15. The third-order valence-corrected chi connectivity index (χ3v) is 4.88. The molecule has 0 saturated heterocycles. The summed E-state index contributed by atoms with van der Waals surface area (Å²) in [5.74, 6) is -0.308. The quantitative estimate of drug-likeness (QED) is 0.885. The zero-order valence-electron chi connectivity index (χ0n) is 13.3. The molecule has 2 atom stereocenters. The van der Waals surface area contributed by atoms with Crippen LogP contribution in [0.25, 0.3) is 11.3 Å². The number of nitrogens with zero attached hydrogens (tertiary/aromatic N) is 1. The Kier molecular flexibility index (Phi) is 4.87. The second kappa shape index (κ2) is 6.91. The predicted molar refractivity (Wildman–Crippen MR) is 89.3 cm³/mol. The minimum atomic E-state index is -0.550. The molecule has 1 saturated carbocycles. The van der Waals surface area contributed by atoms with Gasteiger partial charge in [-0.2, -0.15) is 0 Å². The molecule has 3 rings (SSSR count). The van der Waals surface area contributed by atoms with E-state index in [1.165, 1.54) is 12.1 Å². The summed E-state index contributed by atoms with van der Waals surface area (Å²) in [7, 11) is 0. The number of hydrogen-bond acceptors (Lipinski definition) is 4. The highest BCUT2D eigenvalue weighted by atomic mass is 35.5. The average molecular weight is 352 g/mol. The van der Waals surface area contributed by atoms with Crippen LogP contribution in [0.1, 0.15) is 35.4 Å². The predicted octanol–water partition coefficient (Wildman–Crippen LogP) is 3.30. The minimum Gasteiger partial charge on any atom is -0.360 e. The Bertz CT molecular complexity index is 742. The van der Waals surface area contributed by atoms with E-state index in [4.69, 9.17) is 21.9 Å². The molecule has 128 valence electrons. The van der Waals surface area contributed by atoms with Crippen molar-refractivity contribution in [3.63, 3.8) is 0 Å². The molecule has 1 aromatic carbocycles. The molecular weight excluding hydrogens is 333 g/mol. The lowest BCUT2D eigenvalue weighted by atomic mass is 10.0. The summed E-state index contributed by atoms with van der Waals surface area (Å²) in [5, 5.41) is 7.02. The van der Waals surface area contributed by atoms with Crippen LogP contribution in [0.5, 0.6) is 0 Å². The van der Waals surface area contributed by atoms with Gasteiger partial charge in [-0.15, -0.1) is 0 Å². The van der Waals surface area contributed by atoms with E-state index < -0.39 is 5.82 Å². The van der Waals surface area contributed by atoms with Crippen molar-refractivity contribution in [2.24, 2.45) is 11.7 Å². The number of carbonyl (C=O) groups is 1. The van der Waals surface area contributed by atoms with Crippen molar-refractivity contribution < 1.29 is 13.7 Å². The summed E-state index contributed by atoms with van der Waals surface area (Å²) in [4.78, 5) is 12.7. The van der Waals surface area contributed by atoms with E-state index >= 15 is 0 Å². The number of aryl methyl sites for hydroxylation is 1. The van der Waals surface area contributed by atoms with Crippen molar-refractivity contribution >= 4 is 17.5 Å². The van der Waals surface area contributed by atoms with Crippen molar-refractivity contribution in [2.75, 3.05) is 6.54 Å². The number of hydrogen-bond donors (Lipinski definition) is 2. The summed E-state index contributed by atoms with van der Waals surface area (Å²) in [5.41, 5.74) is 6.17. The molecule has 7 heteroatoms. The van der Waals surface area contributed by atoms with Gasteiger partial charge in [-0.05, 0) is 44.4 Å². The number of aromatic nitrogens is 1. The highest BCUT2D eigenvalue weighted by Gasteiger charge is 2.31. The first-order valence-electron chi connectivity index (χ1n) is 7.94. The molecule has 5 nitrogen and oxygen atoms in total. The van der Waals surface area contributed by atoms with Gasteiger partial charge in [-0.1, -0.05) is 29.2 Å². The van der Waals surface area contributed by atoms with Crippen LogP contribution in [0.3, 0.4) is 0 Å². The first-order chi connectivity index (χ1) is 11.5. The number of nitrogens with two attached hydrogens (primary N) is 1. The molecule has 1 amide bonds. The molecule has 0 aliphatic heterocycles. The van der Waals surface area contributed by atoms with Gasteiger partial charge in [-0.25, -0.2) is 4.39 Å². The highest BCUT2D eigenvalue weighted by molar-refractivity contribution is 6.33. The molecule has 3 N–H and O–H groups in total. The smallest absolute Gasteiger partial charge is 0.257 e. The first-order valence-corrected chi connectivity index (χ1v) is 8.32. The number of nitrogens with one attached hydrogen (secondary N) is 1. The van der Waals surface area contributed by atoms with Gasteiger partial charge in [0.05, 0.1) is 10.6 Å². The Morgan fingerprint density at radius 1 is 1.50 bits per heavy atom. The standard InChI is InChI=1S/C17H19ClFN3O2/c1-9-14(17(23)21-13-7-2-4-10(13)8-20)16(22-24-9)15-11(18)5-3-6-12(15)19/h3,5-6,10,13H,2,4,7-8,20H2,1H3,(H,21,23). The Labute approximate surface area is 144 Å². The van der Waals surface area contributed by atoms with E-state index in [-0.39, 0.29) is 39.7 Å². The summed E-state index contributed by atoms with van der Waals surface area (Å²) < 4.78 is 19.3. The van der Waals surface area contributed by atoms with Gasteiger partial charge in [0.25, 0.3) is 5.91 Å². The lowest BCUT2D eigenvalue weighted by Crippen LogP contribution is -2.40. The van der Waals surface area contributed by atoms with Crippen molar-refractivity contribution in [3.05, 3.63) is 40.4 Å². The lowest BCUT2D eigenvalue weighted by molar-refractivity contribution is 0.0928. The SMILES string of the molecule is Cc1onc(-c2c(F)cccc2Cl)c1C(=O)NC1CCCC1CN. The molecule has 1 aliphatic carbocycles. The normalized spacial score (nSPS) is 20.3. The Morgan fingerprint density at radius 2 is 2.29 bits per heavy atom. The van der Waals surface area contributed by atoms with E-state index in [2.05, 4.69) is 10.5 Å². The van der Waals surface area contributed by atoms with Gasteiger partial charge < -0.3 is 15.6 Å². The van der Waals surface area contributed by atoms with Crippen LogP contribution in [0, 0.1) is 18.7 Å². The van der Waals surface area contributed by atoms with Crippen LogP contribution in [-0.4, -0.2) is 23.7 Å². The Hall–Kier alpha value is -1.92. The summed E-state index contributed by atoms with van der Waals surface area (Å²) >= 11 is 6.10. The van der Waals surface area contributed by atoms with E-state index in [1.807, 2.05) is 0 Å². The molecule has 1 aromatic heterocycles. The Balaban J connectivity index is 1.94. The maximum Gasteiger partial charge on any atom is 0.257 e. The largest absolute Gasteiger partial charge is 0.360 e. The molecule has 1 heterocycles. The van der Waals surface area contributed by atoms with Crippen LogP contribution < -0.4 is 11.1 Å². The fourth-order valence-corrected chi connectivity index (χ4v) is 3.54. The van der Waals surface area contributed by atoms with Gasteiger partial charge in [0.2, 0.25) is 0 Å². The number of amides is 1. The monoisotopic (exact) mass is 351 g/mol. The van der Waals surface area contributed by atoms with Crippen LogP contribution in [0.2, 0.25) is 5.02 Å². The van der Waals surface area contributed by atoms with Crippen LogP contribution in [0.15, 0.2) is 22.7 Å². The number of halogens is 2. The molecule has 1 aliphatic rings. The summed E-state index contributed by atoms with van der Waals surface area (Å²) in [6.07, 6.45) is 2.91. The van der Waals surface area contributed by atoms with Gasteiger partial charge in [-0.3, -0.25) is 4.79 Å². The second-order valence-electron chi connectivity index (χ2n) is 6.07. The van der Waals surface area contributed by atoms with Gasteiger partial charge >= 0.3 is 0 Å². The Morgan fingerprint density at radius 3 is 3.00 bits per heavy atom. The first kappa shape index (κ1) is 16.9. The molecule has 2 unspecified atom stereocenters.